The van der Waals surface area contributed by atoms with Gasteiger partial charge in [-0.3, -0.25) is 10.8 Å². The minimum absolute atomic E-state index is 0.0215. The minimum Gasteiger partial charge on any atom is -0.356 e. The maximum atomic E-state index is 7.89. The SMILES string of the molecule is [2H]c1cc([2H])c(C([2H])CNC(=N)NC(C)=N)cc1[2H]. The Morgan fingerprint density at radius 2 is 2.33 bits per heavy atom. The van der Waals surface area contributed by atoms with Gasteiger partial charge in [0.1, 0.15) is 0 Å². The lowest BCUT2D eigenvalue weighted by molar-refractivity contribution is 0.842. The van der Waals surface area contributed by atoms with E-state index in [-0.39, 0.29) is 36.5 Å². The van der Waals surface area contributed by atoms with E-state index in [0.717, 1.165) is 0 Å². The molecule has 1 aromatic carbocycles. The van der Waals surface area contributed by atoms with Gasteiger partial charge in [0.25, 0.3) is 0 Å². The fraction of sp³-hybridized carbons (Fsp3) is 0.273. The van der Waals surface area contributed by atoms with Crippen molar-refractivity contribution >= 4 is 11.8 Å². The topological polar surface area (TPSA) is 71.8 Å². The lowest BCUT2D eigenvalue weighted by atomic mass is 10.1. The van der Waals surface area contributed by atoms with Gasteiger partial charge in [0.15, 0.2) is 5.96 Å². The van der Waals surface area contributed by atoms with Crippen molar-refractivity contribution in [2.24, 2.45) is 0 Å². The highest BCUT2D eigenvalue weighted by Crippen LogP contribution is 1.97. The predicted octanol–water partition coefficient (Wildman–Crippen LogP) is 1.34. The van der Waals surface area contributed by atoms with E-state index in [2.05, 4.69) is 10.6 Å². The normalized spacial score (nSPS) is 15.3. The van der Waals surface area contributed by atoms with Crippen molar-refractivity contribution in [2.75, 3.05) is 6.54 Å². The molecule has 0 radical (unpaired) electrons. The van der Waals surface area contributed by atoms with Crippen LogP contribution >= 0.6 is 0 Å². The highest BCUT2D eigenvalue weighted by atomic mass is 15.1. The van der Waals surface area contributed by atoms with Crippen LogP contribution in [0.3, 0.4) is 0 Å². The number of rotatable bonds is 3. The quantitative estimate of drug-likeness (QED) is 0.447. The average molecular weight is 208 g/mol. The summed E-state index contributed by atoms with van der Waals surface area (Å²) in [6.07, 6.45) is -0.814. The first-order valence-electron chi connectivity index (χ1n) is 6.53. The number of benzene rings is 1. The third-order valence-corrected chi connectivity index (χ3v) is 1.54. The first kappa shape index (κ1) is 6.61. The predicted molar refractivity (Wildman–Crippen MR) is 62.4 cm³/mol. The van der Waals surface area contributed by atoms with E-state index in [9.17, 15) is 0 Å². The zero-order valence-electron chi connectivity index (χ0n) is 12.4. The molecule has 0 saturated heterocycles. The van der Waals surface area contributed by atoms with Gasteiger partial charge in [0.05, 0.1) is 9.95 Å². The Morgan fingerprint density at radius 1 is 1.53 bits per heavy atom. The van der Waals surface area contributed by atoms with Crippen LogP contribution in [0.4, 0.5) is 0 Å². The Balaban J connectivity index is 2.68. The Kier molecular flexibility index (Phi) is 2.55. The van der Waals surface area contributed by atoms with Crippen LogP contribution in [0.1, 0.15) is 18.0 Å². The molecule has 0 saturated carbocycles. The molecule has 0 aliphatic rings. The Labute approximate surface area is 95.3 Å². The molecular formula is C11H16N4. The molecule has 0 aliphatic carbocycles. The van der Waals surface area contributed by atoms with Gasteiger partial charge >= 0.3 is 0 Å². The number of nitrogens with one attached hydrogen (secondary N) is 4. The Bertz CT molecular complexity index is 504. The molecule has 4 N–H and O–H groups in total. The first-order valence-corrected chi connectivity index (χ1v) is 4.46. The molecule has 0 bridgehead atoms. The van der Waals surface area contributed by atoms with Gasteiger partial charge in [-0.05, 0) is 18.9 Å². The van der Waals surface area contributed by atoms with Crippen molar-refractivity contribution in [1.82, 2.24) is 10.6 Å². The third kappa shape index (κ3) is 4.81. The van der Waals surface area contributed by atoms with Crippen LogP contribution in [-0.2, 0) is 6.40 Å². The van der Waals surface area contributed by atoms with Crippen molar-refractivity contribution in [3.63, 3.8) is 0 Å². The fourth-order valence-electron chi connectivity index (χ4n) is 0.935. The van der Waals surface area contributed by atoms with Gasteiger partial charge in [0.2, 0.25) is 0 Å². The summed E-state index contributed by atoms with van der Waals surface area (Å²) in [6.45, 7) is 1.58. The first-order chi connectivity index (χ1) is 8.81. The Morgan fingerprint density at radius 3 is 3.07 bits per heavy atom. The lowest BCUT2D eigenvalue weighted by Gasteiger charge is -2.08. The van der Waals surface area contributed by atoms with Crippen LogP contribution in [0.25, 0.3) is 0 Å². The van der Waals surface area contributed by atoms with Gasteiger partial charge in [-0.1, -0.05) is 30.3 Å². The minimum atomic E-state index is -0.814. The molecule has 80 valence electrons. The van der Waals surface area contributed by atoms with E-state index in [4.69, 9.17) is 16.3 Å². The molecule has 0 aliphatic heterocycles. The van der Waals surface area contributed by atoms with E-state index in [1.54, 1.807) is 0 Å². The fourth-order valence-corrected chi connectivity index (χ4v) is 0.935. The number of hydrogen-bond donors (Lipinski definition) is 4. The maximum Gasteiger partial charge on any atom is 0.193 e. The summed E-state index contributed by atoms with van der Waals surface area (Å²) in [5.41, 5.74) is 0.341. The summed E-state index contributed by atoms with van der Waals surface area (Å²) in [7, 11) is 0. The summed E-state index contributed by atoms with van der Waals surface area (Å²) in [6, 6.07) is 2.56. The maximum absolute atomic E-state index is 7.89. The molecule has 4 heteroatoms. The van der Waals surface area contributed by atoms with Crippen molar-refractivity contribution in [1.29, 1.82) is 10.8 Å². The molecule has 0 heterocycles. The lowest BCUT2D eigenvalue weighted by Crippen LogP contribution is -2.39. The molecule has 0 spiro atoms. The molecule has 0 amide bonds. The molecule has 0 fully saturated rings. The van der Waals surface area contributed by atoms with Gasteiger partial charge in [0, 0.05) is 7.92 Å². The average Bonchev–Trinajstić information content (AvgIpc) is 2.30. The second-order valence-electron chi connectivity index (χ2n) is 2.89. The molecule has 4 nitrogen and oxygen atoms in total. The number of hydrogen-bond acceptors (Lipinski definition) is 2. The molecular weight excluding hydrogens is 188 g/mol. The van der Waals surface area contributed by atoms with Crippen LogP contribution in [0.5, 0.6) is 0 Å². The van der Waals surface area contributed by atoms with Crippen LogP contribution in [-0.4, -0.2) is 18.3 Å². The molecule has 15 heavy (non-hydrogen) atoms. The highest BCUT2D eigenvalue weighted by molar-refractivity contribution is 5.95. The molecule has 1 aromatic rings. The van der Waals surface area contributed by atoms with E-state index in [1.165, 1.54) is 19.1 Å². The zero-order valence-corrected chi connectivity index (χ0v) is 8.44. The van der Waals surface area contributed by atoms with Crippen molar-refractivity contribution in [3.8, 4) is 0 Å². The standard InChI is InChI=1S/C11H16N4/c1-9(12)15-11(13)14-8-7-10-5-3-2-4-6-10/h2-6H,7-8H2,1H3,(H4,12,13,14,15)/i2D,3D,6D,7D. The summed E-state index contributed by atoms with van der Waals surface area (Å²) >= 11 is 0. The second kappa shape index (κ2) is 5.80. The third-order valence-electron chi connectivity index (χ3n) is 1.54. The number of amidine groups is 1. The van der Waals surface area contributed by atoms with Crippen LogP contribution in [0, 0.1) is 10.8 Å². The Hall–Kier alpha value is -1.84. The summed E-state index contributed by atoms with van der Waals surface area (Å²) in [4.78, 5) is 0. The van der Waals surface area contributed by atoms with Gasteiger partial charge in [-0.15, -0.1) is 0 Å². The van der Waals surface area contributed by atoms with Crippen molar-refractivity contribution in [2.45, 2.75) is 13.3 Å². The van der Waals surface area contributed by atoms with Crippen molar-refractivity contribution < 1.29 is 5.48 Å². The van der Waals surface area contributed by atoms with Gasteiger partial charge in [-0.25, -0.2) is 0 Å². The summed E-state index contributed by atoms with van der Waals surface area (Å²) in [5.74, 6) is 0.0340. The molecule has 1 atom stereocenters. The molecule has 1 unspecified atom stereocenters. The smallest absolute Gasteiger partial charge is 0.193 e. The van der Waals surface area contributed by atoms with Gasteiger partial charge in [-0.2, -0.15) is 0 Å². The highest BCUT2D eigenvalue weighted by Gasteiger charge is 1.95. The summed E-state index contributed by atoms with van der Waals surface area (Å²) in [5, 5.41) is 19.7. The molecule has 1 rings (SSSR count). The number of guanidine groups is 1. The van der Waals surface area contributed by atoms with Crippen LogP contribution in [0.2, 0.25) is 0 Å². The largest absolute Gasteiger partial charge is 0.356 e. The van der Waals surface area contributed by atoms with Gasteiger partial charge < -0.3 is 10.6 Å². The zero-order chi connectivity index (χ0) is 14.6. The van der Waals surface area contributed by atoms with E-state index in [1.807, 2.05) is 0 Å². The van der Waals surface area contributed by atoms with Crippen molar-refractivity contribution in [3.05, 3.63) is 35.8 Å². The van der Waals surface area contributed by atoms with Crippen LogP contribution in [0.15, 0.2) is 30.3 Å². The van der Waals surface area contributed by atoms with E-state index in [0.29, 0.717) is 5.56 Å². The monoisotopic (exact) mass is 208 g/mol. The summed E-state index contributed by atoms with van der Waals surface area (Å²) < 4.78 is 30.5. The van der Waals surface area contributed by atoms with Crippen LogP contribution < -0.4 is 10.6 Å². The van der Waals surface area contributed by atoms with E-state index >= 15 is 0 Å². The molecule has 0 aromatic heterocycles. The second-order valence-corrected chi connectivity index (χ2v) is 2.89. The van der Waals surface area contributed by atoms with E-state index < -0.39 is 6.40 Å².